The lowest BCUT2D eigenvalue weighted by atomic mass is 10.0. The maximum atomic E-state index is 5.57. The minimum absolute atomic E-state index is 0.507. The third-order valence-electron chi connectivity index (χ3n) is 2.87. The Bertz CT molecular complexity index is 477. The van der Waals surface area contributed by atoms with Gasteiger partial charge in [0.15, 0.2) is 0 Å². The highest BCUT2D eigenvalue weighted by molar-refractivity contribution is 5.82. The molecule has 1 aromatic carbocycles. The Labute approximate surface area is 96.5 Å². The molecule has 0 radical (unpaired) electrons. The van der Waals surface area contributed by atoms with Crippen LogP contribution in [0.1, 0.15) is 31.0 Å². The van der Waals surface area contributed by atoms with Gasteiger partial charge in [0.25, 0.3) is 0 Å². The van der Waals surface area contributed by atoms with Crippen molar-refractivity contribution in [3.8, 4) is 0 Å². The summed E-state index contributed by atoms with van der Waals surface area (Å²) in [7, 11) is 0. The van der Waals surface area contributed by atoms with Crippen LogP contribution in [0.15, 0.2) is 30.5 Å². The molecule has 0 fully saturated rings. The lowest BCUT2D eigenvalue weighted by molar-refractivity contribution is 0.796. The Morgan fingerprint density at radius 3 is 2.81 bits per heavy atom. The molecule has 84 valence electrons. The van der Waals surface area contributed by atoms with Gasteiger partial charge in [-0.1, -0.05) is 25.5 Å². The van der Waals surface area contributed by atoms with Gasteiger partial charge in [-0.15, -0.1) is 0 Å². The second kappa shape index (κ2) is 5.08. The molecule has 16 heavy (non-hydrogen) atoms. The second-order valence-electron chi connectivity index (χ2n) is 4.16. The van der Waals surface area contributed by atoms with E-state index in [2.05, 4.69) is 36.2 Å². The number of hydrogen-bond donors (Lipinski definition) is 1. The van der Waals surface area contributed by atoms with Crippen LogP contribution in [0.4, 0.5) is 0 Å². The average molecular weight is 214 g/mol. The maximum absolute atomic E-state index is 5.57. The lowest BCUT2D eigenvalue weighted by Gasteiger charge is -2.04. The predicted octanol–water partition coefficient (Wildman–Crippen LogP) is 3.04. The lowest BCUT2D eigenvalue weighted by Crippen LogP contribution is -1.98. The Balaban J connectivity index is 2.32. The fourth-order valence-corrected chi connectivity index (χ4v) is 1.88. The van der Waals surface area contributed by atoms with Crippen molar-refractivity contribution < 1.29 is 0 Å². The van der Waals surface area contributed by atoms with E-state index in [4.69, 9.17) is 5.73 Å². The van der Waals surface area contributed by atoms with E-state index in [0.29, 0.717) is 6.54 Å². The molecule has 1 heterocycles. The van der Waals surface area contributed by atoms with Gasteiger partial charge in [0, 0.05) is 18.1 Å². The van der Waals surface area contributed by atoms with Crippen molar-refractivity contribution in [1.29, 1.82) is 0 Å². The number of benzene rings is 1. The van der Waals surface area contributed by atoms with Gasteiger partial charge in [0.1, 0.15) is 0 Å². The summed E-state index contributed by atoms with van der Waals surface area (Å²) < 4.78 is 0. The molecule has 0 saturated carbocycles. The Hall–Kier alpha value is -1.41. The van der Waals surface area contributed by atoms with Crippen molar-refractivity contribution in [3.63, 3.8) is 0 Å². The summed E-state index contributed by atoms with van der Waals surface area (Å²) in [6, 6.07) is 8.68. The van der Waals surface area contributed by atoms with Crippen LogP contribution in [0.2, 0.25) is 0 Å². The topological polar surface area (TPSA) is 38.9 Å². The second-order valence-corrected chi connectivity index (χ2v) is 4.16. The number of aryl methyl sites for hydroxylation is 1. The van der Waals surface area contributed by atoms with Crippen LogP contribution in [-0.2, 0) is 13.0 Å². The van der Waals surface area contributed by atoms with Gasteiger partial charge in [0.05, 0.1) is 5.69 Å². The van der Waals surface area contributed by atoms with E-state index in [9.17, 15) is 0 Å². The SMILES string of the molecule is CCCCc1ccc2cc(CN)ncc2c1. The number of nitrogens with zero attached hydrogens (tertiary/aromatic N) is 1. The van der Waals surface area contributed by atoms with E-state index in [1.807, 2.05) is 6.20 Å². The molecule has 0 aliphatic rings. The monoisotopic (exact) mass is 214 g/mol. The Morgan fingerprint density at radius 2 is 2.06 bits per heavy atom. The molecule has 2 aromatic rings. The van der Waals surface area contributed by atoms with Gasteiger partial charge < -0.3 is 5.73 Å². The van der Waals surface area contributed by atoms with E-state index in [-0.39, 0.29) is 0 Å². The largest absolute Gasteiger partial charge is 0.325 e. The predicted molar refractivity (Wildman–Crippen MR) is 68.2 cm³/mol. The van der Waals surface area contributed by atoms with Crippen molar-refractivity contribution in [2.24, 2.45) is 5.73 Å². The van der Waals surface area contributed by atoms with Crippen LogP contribution in [0, 0.1) is 0 Å². The number of unbranched alkanes of at least 4 members (excludes halogenated alkanes) is 1. The van der Waals surface area contributed by atoms with E-state index in [1.54, 1.807) is 0 Å². The highest BCUT2D eigenvalue weighted by atomic mass is 14.7. The summed E-state index contributed by atoms with van der Waals surface area (Å²) in [6.45, 7) is 2.73. The van der Waals surface area contributed by atoms with Crippen LogP contribution in [-0.4, -0.2) is 4.98 Å². The van der Waals surface area contributed by atoms with Crippen LogP contribution in [0.3, 0.4) is 0 Å². The molecule has 0 atom stereocenters. The summed E-state index contributed by atoms with van der Waals surface area (Å²) in [5.74, 6) is 0. The molecule has 0 spiro atoms. The minimum Gasteiger partial charge on any atom is -0.325 e. The van der Waals surface area contributed by atoms with Crippen molar-refractivity contribution in [2.75, 3.05) is 0 Å². The van der Waals surface area contributed by atoms with Crippen LogP contribution in [0.25, 0.3) is 10.8 Å². The van der Waals surface area contributed by atoms with Crippen LogP contribution in [0.5, 0.6) is 0 Å². The smallest absolute Gasteiger partial charge is 0.0545 e. The number of pyridine rings is 1. The average Bonchev–Trinajstić information content (AvgIpc) is 2.35. The summed E-state index contributed by atoms with van der Waals surface area (Å²) in [6.07, 6.45) is 5.57. The molecule has 0 aliphatic heterocycles. The van der Waals surface area contributed by atoms with E-state index in [1.165, 1.54) is 29.2 Å². The molecule has 0 aliphatic carbocycles. The molecule has 2 rings (SSSR count). The number of hydrogen-bond acceptors (Lipinski definition) is 2. The summed E-state index contributed by atoms with van der Waals surface area (Å²) >= 11 is 0. The minimum atomic E-state index is 0.507. The van der Waals surface area contributed by atoms with Crippen molar-refractivity contribution in [3.05, 3.63) is 41.7 Å². The zero-order valence-corrected chi connectivity index (χ0v) is 9.74. The first-order valence-electron chi connectivity index (χ1n) is 5.91. The quantitative estimate of drug-likeness (QED) is 0.849. The molecular weight excluding hydrogens is 196 g/mol. The standard InChI is InChI=1S/C14H18N2/c1-2-3-4-11-5-6-12-8-14(9-15)16-10-13(12)7-11/h5-8,10H,2-4,9,15H2,1H3. The van der Waals surface area contributed by atoms with Crippen LogP contribution < -0.4 is 5.73 Å². The van der Waals surface area contributed by atoms with Crippen molar-refractivity contribution >= 4 is 10.8 Å². The molecule has 2 nitrogen and oxygen atoms in total. The molecular formula is C14H18N2. The van der Waals surface area contributed by atoms with E-state index < -0.39 is 0 Å². The van der Waals surface area contributed by atoms with Gasteiger partial charge in [-0.25, -0.2) is 0 Å². The molecule has 2 N–H and O–H groups in total. The highest BCUT2D eigenvalue weighted by Gasteiger charge is 1.98. The zero-order chi connectivity index (χ0) is 11.4. The molecule has 0 bridgehead atoms. The number of fused-ring (bicyclic) bond motifs is 1. The van der Waals surface area contributed by atoms with Crippen molar-refractivity contribution in [1.82, 2.24) is 4.98 Å². The third kappa shape index (κ3) is 2.39. The summed E-state index contributed by atoms with van der Waals surface area (Å²) in [5, 5.41) is 2.45. The fourth-order valence-electron chi connectivity index (χ4n) is 1.88. The number of nitrogens with two attached hydrogens (primary N) is 1. The van der Waals surface area contributed by atoms with E-state index >= 15 is 0 Å². The first-order valence-corrected chi connectivity index (χ1v) is 5.91. The molecule has 0 amide bonds. The molecule has 0 unspecified atom stereocenters. The zero-order valence-electron chi connectivity index (χ0n) is 9.74. The van der Waals surface area contributed by atoms with E-state index in [0.717, 1.165) is 12.1 Å². The third-order valence-corrected chi connectivity index (χ3v) is 2.87. The maximum Gasteiger partial charge on any atom is 0.0545 e. The Kier molecular flexibility index (Phi) is 3.52. The van der Waals surface area contributed by atoms with Gasteiger partial charge >= 0.3 is 0 Å². The number of rotatable bonds is 4. The van der Waals surface area contributed by atoms with Crippen LogP contribution >= 0.6 is 0 Å². The molecule has 0 saturated heterocycles. The van der Waals surface area contributed by atoms with Gasteiger partial charge in [-0.2, -0.15) is 0 Å². The first kappa shape index (κ1) is 11.1. The molecule has 1 aromatic heterocycles. The first-order chi connectivity index (χ1) is 7.83. The normalized spacial score (nSPS) is 10.9. The summed E-state index contributed by atoms with van der Waals surface area (Å²) in [4.78, 5) is 4.32. The van der Waals surface area contributed by atoms with Gasteiger partial charge in [-0.3, -0.25) is 4.98 Å². The van der Waals surface area contributed by atoms with Crippen molar-refractivity contribution in [2.45, 2.75) is 32.7 Å². The number of aromatic nitrogens is 1. The van der Waals surface area contributed by atoms with Gasteiger partial charge in [0.2, 0.25) is 0 Å². The molecule has 2 heteroatoms. The van der Waals surface area contributed by atoms with Gasteiger partial charge in [-0.05, 0) is 35.9 Å². The highest BCUT2D eigenvalue weighted by Crippen LogP contribution is 2.17. The Morgan fingerprint density at radius 1 is 1.19 bits per heavy atom. The summed E-state index contributed by atoms with van der Waals surface area (Å²) in [5.41, 5.74) is 7.93. The fraction of sp³-hybridized carbons (Fsp3) is 0.357.